The predicted octanol–water partition coefficient (Wildman–Crippen LogP) is 5.79. The lowest BCUT2D eigenvalue weighted by Crippen LogP contribution is -2.28. The third-order valence-corrected chi connectivity index (χ3v) is 7.48. The predicted molar refractivity (Wildman–Crippen MR) is 112 cm³/mol. The van der Waals surface area contributed by atoms with Crippen LogP contribution in [-0.4, -0.2) is 21.6 Å². The minimum Gasteiger partial charge on any atom is -0.273 e. The summed E-state index contributed by atoms with van der Waals surface area (Å²) in [4.78, 5) is 10.1. The first-order valence-electron chi connectivity index (χ1n) is 8.66. The van der Waals surface area contributed by atoms with Crippen LogP contribution in [0.15, 0.2) is 70.6 Å². The van der Waals surface area contributed by atoms with Gasteiger partial charge in [0.25, 0.3) is 0 Å². The topological polar surface area (TPSA) is 24.7 Å². The van der Waals surface area contributed by atoms with Crippen LogP contribution in [0.5, 0.6) is 0 Å². The fourth-order valence-electron chi connectivity index (χ4n) is 3.21. The van der Waals surface area contributed by atoms with E-state index in [1.807, 2.05) is 23.5 Å². The largest absolute Gasteiger partial charge is 0.273 e. The Labute approximate surface area is 158 Å². The van der Waals surface area contributed by atoms with Crippen LogP contribution in [0.3, 0.4) is 0 Å². The Morgan fingerprint density at radius 2 is 1.12 bits per heavy atom. The Morgan fingerprint density at radius 1 is 0.720 bits per heavy atom. The van der Waals surface area contributed by atoms with Gasteiger partial charge in [-0.1, -0.05) is 60.7 Å². The van der Waals surface area contributed by atoms with Crippen molar-refractivity contribution < 1.29 is 0 Å². The molecule has 0 saturated carbocycles. The van der Waals surface area contributed by atoms with Crippen LogP contribution >= 0.6 is 23.5 Å². The zero-order valence-corrected chi connectivity index (χ0v) is 16.2. The molecule has 0 spiro atoms. The van der Waals surface area contributed by atoms with Crippen LogP contribution in [0, 0.1) is 5.41 Å². The molecule has 2 heterocycles. The second-order valence-corrected chi connectivity index (χ2v) is 8.99. The van der Waals surface area contributed by atoms with Gasteiger partial charge in [-0.2, -0.15) is 0 Å². The summed E-state index contributed by atoms with van der Waals surface area (Å²) in [5, 5.41) is 2.45. The molecule has 0 bridgehead atoms. The third-order valence-electron chi connectivity index (χ3n) is 4.74. The number of benzene rings is 2. The van der Waals surface area contributed by atoms with E-state index in [2.05, 4.69) is 74.5 Å². The smallest absolute Gasteiger partial charge is 0.0853 e. The fraction of sp³-hybridized carbons (Fsp3) is 0.333. The molecule has 0 radical (unpaired) electrons. The lowest BCUT2D eigenvalue weighted by molar-refractivity contribution is 0.726. The van der Waals surface area contributed by atoms with E-state index in [9.17, 15) is 0 Å². The van der Waals surface area contributed by atoms with Crippen molar-refractivity contribution in [2.75, 3.05) is 11.5 Å². The molecule has 0 fully saturated rings. The van der Waals surface area contributed by atoms with Gasteiger partial charge in [-0.15, -0.1) is 23.5 Å². The summed E-state index contributed by atoms with van der Waals surface area (Å²) in [7, 11) is 0. The van der Waals surface area contributed by atoms with Gasteiger partial charge in [0, 0.05) is 11.5 Å². The molecule has 0 amide bonds. The van der Waals surface area contributed by atoms with Crippen molar-refractivity contribution in [3.05, 3.63) is 71.8 Å². The van der Waals surface area contributed by atoms with E-state index >= 15 is 0 Å². The lowest BCUT2D eigenvalue weighted by Gasteiger charge is -2.23. The Hall–Kier alpha value is -1.52. The van der Waals surface area contributed by atoms with Crippen LogP contribution in [0.2, 0.25) is 0 Å². The molecule has 0 saturated heterocycles. The average molecular weight is 367 g/mol. The standard InChI is InChI=1S/C21H22N2S2/c1-21(2,19-22-17(13-24-19)15-9-5-3-6-10-15)20-23-18(14-25-20)16-11-7-4-8-12-16/h3-12,17-18H,13-14H2,1-2H3/t17-,18-/m1/s1. The first kappa shape index (κ1) is 16.9. The summed E-state index contributed by atoms with van der Waals surface area (Å²) in [6.07, 6.45) is 0. The lowest BCUT2D eigenvalue weighted by atomic mass is 9.95. The van der Waals surface area contributed by atoms with Crippen LogP contribution in [0.4, 0.5) is 0 Å². The second kappa shape index (κ2) is 7.00. The summed E-state index contributed by atoms with van der Waals surface area (Å²) >= 11 is 3.78. The monoisotopic (exact) mass is 366 g/mol. The van der Waals surface area contributed by atoms with E-state index in [1.165, 1.54) is 21.2 Å². The van der Waals surface area contributed by atoms with Crippen LogP contribution in [0.1, 0.15) is 37.1 Å². The number of rotatable bonds is 4. The molecule has 2 aromatic rings. The summed E-state index contributed by atoms with van der Waals surface area (Å²) in [5.74, 6) is 2.06. The first-order chi connectivity index (χ1) is 12.1. The van der Waals surface area contributed by atoms with Crippen LogP contribution < -0.4 is 0 Å². The van der Waals surface area contributed by atoms with Crippen molar-refractivity contribution in [3.8, 4) is 0 Å². The molecule has 4 heteroatoms. The van der Waals surface area contributed by atoms with Gasteiger partial charge in [0.2, 0.25) is 0 Å². The quantitative estimate of drug-likeness (QED) is 0.684. The van der Waals surface area contributed by atoms with Gasteiger partial charge in [0.15, 0.2) is 0 Å². The highest BCUT2D eigenvalue weighted by molar-refractivity contribution is 8.16. The number of hydrogen-bond donors (Lipinski definition) is 0. The minimum atomic E-state index is -0.0948. The van der Waals surface area contributed by atoms with Gasteiger partial charge in [0.05, 0.1) is 27.6 Å². The second-order valence-electron chi connectivity index (χ2n) is 6.97. The zero-order valence-electron chi connectivity index (χ0n) is 14.6. The molecule has 4 rings (SSSR count). The van der Waals surface area contributed by atoms with Crippen molar-refractivity contribution in [2.45, 2.75) is 25.9 Å². The SMILES string of the molecule is CC(C)(C1=N[C@@H](c2ccccc2)CS1)C1=N[C@@H](c2ccccc2)CS1. The summed E-state index contributed by atoms with van der Waals surface area (Å²) in [6.45, 7) is 4.54. The Balaban J connectivity index is 1.56. The molecule has 2 aliphatic heterocycles. The molecule has 128 valence electrons. The van der Waals surface area contributed by atoms with Gasteiger partial charge in [0.1, 0.15) is 0 Å². The maximum absolute atomic E-state index is 5.06. The maximum Gasteiger partial charge on any atom is 0.0853 e. The molecule has 2 aromatic carbocycles. The Bertz CT molecular complexity index is 730. The average Bonchev–Trinajstić information content (AvgIpc) is 3.34. The Kier molecular flexibility index (Phi) is 4.74. The van der Waals surface area contributed by atoms with Crippen LogP contribution in [0.25, 0.3) is 0 Å². The van der Waals surface area contributed by atoms with Gasteiger partial charge in [-0.3, -0.25) is 9.98 Å². The maximum atomic E-state index is 5.06. The molecule has 25 heavy (non-hydrogen) atoms. The van der Waals surface area contributed by atoms with Crippen molar-refractivity contribution in [2.24, 2.45) is 15.4 Å². The normalized spacial score (nSPS) is 23.4. The van der Waals surface area contributed by atoms with E-state index in [4.69, 9.17) is 9.98 Å². The summed E-state index contributed by atoms with van der Waals surface area (Å²) < 4.78 is 0. The van der Waals surface area contributed by atoms with Gasteiger partial charge in [-0.25, -0.2) is 0 Å². The number of nitrogens with zero attached hydrogens (tertiary/aromatic N) is 2. The fourth-order valence-corrected chi connectivity index (χ4v) is 5.76. The van der Waals surface area contributed by atoms with Crippen molar-refractivity contribution in [3.63, 3.8) is 0 Å². The molecule has 2 aliphatic rings. The number of hydrogen-bond acceptors (Lipinski definition) is 4. The first-order valence-corrected chi connectivity index (χ1v) is 10.6. The summed E-state index contributed by atoms with van der Waals surface area (Å²) in [5.41, 5.74) is 2.52. The van der Waals surface area contributed by atoms with Gasteiger partial charge >= 0.3 is 0 Å². The van der Waals surface area contributed by atoms with Gasteiger partial charge in [-0.05, 0) is 25.0 Å². The molecule has 0 aliphatic carbocycles. The minimum absolute atomic E-state index is 0.0948. The third kappa shape index (κ3) is 3.42. The van der Waals surface area contributed by atoms with E-state index in [0.29, 0.717) is 0 Å². The van der Waals surface area contributed by atoms with E-state index in [-0.39, 0.29) is 17.5 Å². The molecular weight excluding hydrogens is 344 g/mol. The molecule has 0 aromatic heterocycles. The molecular formula is C21H22N2S2. The van der Waals surface area contributed by atoms with E-state index < -0.39 is 0 Å². The Morgan fingerprint density at radius 3 is 1.52 bits per heavy atom. The molecule has 2 nitrogen and oxygen atoms in total. The number of aliphatic imine (C=N–C) groups is 2. The highest BCUT2D eigenvalue weighted by Gasteiger charge is 2.39. The number of thioether (sulfide) groups is 2. The zero-order chi connectivity index (χ0) is 17.3. The van der Waals surface area contributed by atoms with Crippen molar-refractivity contribution in [1.82, 2.24) is 0 Å². The molecule has 2 atom stereocenters. The molecule has 0 unspecified atom stereocenters. The van der Waals surface area contributed by atoms with E-state index in [1.54, 1.807) is 0 Å². The summed E-state index contributed by atoms with van der Waals surface area (Å²) in [6, 6.07) is 21.8. The van der Waals surface area contributed by atoms with Crippen LogP contribution in [-0.2, 0) is 0 Å². The highest BCUT2D eigenvalue weighted by atomic mass is 32.2. The van der Waals surface area contributed by atoms with Crippen molar-refractivity contribution in [1.29, 1.82) is 0 Å². The molecule has 0 N–H and O–H groups in total. The highest BCUT2D eigenvalue weighted by Crippen LogP contribution is 2.44. The van der Waals surface area contributed by atoms with Crippen molar-refractivity contribution >= 4 is 33.6 Å². The van der Waals surface area contributed by atoms with E-state index in [0.717, 1.165) is 11.5 Å². The van der Waals surface area contributed by atoms with Gasteiger partial charge < -0.3 is 0 Å².